The summed E-state index contributed by atoms with van der Waals surface area (Å²) in [4.78, 5) is 40.3. The molecule has 0 heterocycles. The van der Waals surface area contributed by atoms with Crippen molar-refractivity contribution in [2.45, 2.75) is 78.5 Å². The summed E-state index contributed by atoms with van der Waals surface area (Å²) in [6.07, 6.45) is 3.49. The van der Waals surface area contributed by atoms with Crippen molar-refractivity contribution in [1.29, 1.82) is 0 Å². The van der Waals surface area contributed by atoms with Crippen molar-refractivity contribution in [2.24, 2.45) is 0 Å². The van der Waals surface area contributed by atoms with Crippen LogP contribution in [0.25, 0.3) is 6.08 Å². The lowest BCUT2D eigenvalue weighted by atomic mass is 10.00. The molecular formula is C25H39N3O4. The van der Waals surface area contributed by atoms with Gasteiger partial charge in [-0.2, -0.15) is 0 Å². The lowest BCUT2D eigenvalue weighted by Gasteiger charge is -2.33. The molecule has 0 aliphatic rings. The predicted molar refractivity (Wildman–Crippen MR) is 128 cm³/mol. The van der Waals surface area contributed by atoms with Gasteiger partial charge in [-0.3, -0.25) is 9.59 Å². The quantitative estimate of drug-likeness (QED) is 0.493. The fourth-order valence-electron chi connectivity index (χ4n) is 3.22. The van der Waals surface area contributed by atoms with E-state index in [2.05, 4.69) is 17.2 Å². The molecule has 0 aliphatic carbocycles. The van der Waals surface area contributed by atoms with Gasteiger partial charge in [0.25, 0.3) is 0 Å². The van der Waals surface area contributed by atoms with Crippen molar-refractivity contribution < 1.29 is 19.1 Å². The van der Waals surface area contributed by atoms with Crippen LogP contribution in [0.1, 0.15) is 78.0 Å². The van der Waals surface area contributed by atoms with Crippen LogP contribution in [0.3, 0.4) is 0 Å². The molecule has 0 aromatic heterocycles. The molecule has 2 atom stereocenters. The van der Waals surface area contributed by atoms with Gasteiger partial charge in [-0.05, 0) is 57.7 Å². The van der Waals surface area contributed by atoms with E-state index < -0.39 is 23.8 Å². The van der Waals surface area contributed by atoms with Crippen LogP contribution in [0.5, 0.6) is 0 Å². The molecule has 0 radical (unpaired) electrons. The first-order valence-corrected chi connectivity index (χ1v) is 11.3. The molecule has 32 heavy (non-hydrogen) atoms. The van der Waals surface area contributed by atoms with Crippen molar-refractivity contribution in [3.05, 3.63) is 42.0 Å². The number of hydrogen-bond acceptors (Lipinski definition) is 4. The molecule has 178 valence electrons. The molecule has 1 aromatic carbocycles. The van der Waals surface area contributed by atoms with Gasteiger partial charge in [0.1, 0.15) is 17.7 Å². The molecule has 0 saturated carbocycles. The number of amides is 3. The summed E-state index contributed by atoms with van der Waals surface area (Å²) in [6.45, 7) is 15.6. The number of alkyl carbamates (subject to hydrolysis) is 1. The summed E-state index contributed by atoms with van der Waals surface area (Å²) in [5, 5.41) is 5.55. The van der Waals surface area contributed by atoms with Gasteiger partial charge in [0.05, 0.1) is 0 Å². The minimum atomic E-state index is -0.857. The molecule has 3 amide bonds. The standard InChI is InChI=1S/C25H39N3O4/c1-8-11-15-26-22(29)21(20-14-12-13-19(10-3)17-20)28(16-9-2)23(30)18(4)27-24(31)32-25(5,6)7/h10,12-14,17-18,21H,3,8-9,11,15-16H2,1-2,4-7H3,(H,26,29)(H,27,31). The Balaban J connectivity index is 3.24. The first-order valence-electron chi connectivity index (χ1n) is 11.3. The second-order valence-corrected chi connectivity index (χ2v) is 8.82. The van der Waals surface area contributed by atoms with Gasteiger partial charge in [0.15, 0.2) is 0 Å². The number of ether oxygens (including phenoxy) is 1. The Morgan fingerprint density at radius 2 is 1.88 bits per heavy atom. The highest BCUT2D eigenvalue weighted by molar-refractivity contribution is 5.92. The molecule has 2 N–H and O–H groups in total. The van der Waals surface area contributed by atoms with Gasteiger partial charge in [-0.15, -0.1) is 0 Å². The van der Waals surface area contributed by atoms with Gasteiger partial charge >= 0.3 is 6.09 Å². The zero-order valence-corrected chi connectivity index (χ0v) is 20.4. The molecule has 7 nitrogen and oxygen atoms in total. The van der Waals surface area contributed by atoms with E-state index in [1.807, 2.05) is 38.1 Å². The molecule has 7 heteroatoms. The second-order valence-electron chi connectivity index (χ2n) is 8.82. The normalized spacial score (nSPS) is 12.9. The number of rotatable bonds is 11. The fraction of sp³-hybridized carbons (Fsp3) is 0.560. The zero-order chi connectivity index (χ0) is 24.3. The summed E-state index contributed by atoms with van der Waals surface area (Å²) in [7, 11) is 0. The van der Waals surface area contributed by atoms with E-state index >= 15 is 0 Å². The van der Waals surface area contributed by atoms with Crippen molar-refractivity contribution in [3.63, 3.8) is 0 Å². The Morgan fingerprint density at radius 1 is 1.19 bits per heavy atom. The predicted octanol–water partition coefficient (Wildman–Crippen LogP) is 4.44. The SMILES string of the molecule is C=Cc1cccc(C(C(=O)NCCCC)N(CCC)C(=O)C(C)NC(=O)OC(C)(C)C)c1. The Labute approximate surface area is 192 Å². The van der Waals surface area contributed by atoms with Crippen LogP contribution in [0.2, 0.25) is 0 Å². The lowest BCUT2D eigenvalue weighted by Crippen LogP contribution is -2.52. The third-order valence-electron chi connectivity index (χ3n) is 4.70. The Hall–Kier alpha value is -2.83. The number of carbonyl (C=O) groups excluding carboxylic acids is 3. The molecule has 1 aromatic rings. The Bertz CT molecular complexity index is 786. The molecule has 0 aliphatic heterocycles. The monoisotopic (exact) mass is 445 g/mol. The van der Waals surface area contributed by atoms with E-state index in [0.717, 1.165) is 18.4 Å². The highest BCUT2D eigenvalue weighted by Gasteiger charge is 2.34. The highest BCUT2D eigenvalue weighted by Crippen LogP contribution is 2.24. The van der Waals surface area contributed by atoms with Crippen LogP contribution in [-0.4, -0.2) is 47.5 Å². The lowest BCUT2D eigenvalue weighted by molar-refractivity contribution is -0.142. The first-order chi connectivity index (χ1) is 15.0. The van der Waals surface area contributed by atoms with Crippen LogP contribution in [0.4, 0.5) is 4.79 Å². The molecule has 1 rings (SSSR count). The summed E-state index contributed by atoms with van der Waals surface area (Å²) >= 11 is 0. The Kier molecular flexibility index (Phi) is 11.0. The molecule has 0 spiro atoms. The summed E-state index contributed by atoms with van der Waals surface area (Å²) in [6, 6.07) is 5.75. The van der Waals surface area contributed by atoms with Crippen LogP contribution in [0, 0.1) is 0 Å². The van der Waals surface area contributed by atoms with E-state index in [1.54, 1.807) is 33.8 Å². The molecule has 2 unspecified atom stereocenters. The third kappa shape index (κ3) is 8.73. The Morgan fingerprint density at radius 3 is 2.44 bits per heavy atom. The molecule has 0 saturated heterocycles. The second kappa shape index (κ2) is 12.9. The number of hydrogen-bond donors (Lipinski definition) is 2. The smallest absolute Gasteiger partial charge is 0.408 e. The van der Waals surface area contributed by atoms with Gasteiger partial charge in [-0.1, -0.05) is 51.1 Å². The summed E-state index contributed by atoms with van der Waals surface area (Å²) in [5.41, 5.74) is 0.878. The van der Waals surface area contributed by atoms with Crippen molar-refractivity contribution in [1.82, 2.24) is 15.5 Å². The first kappa shape index (κ1) is 27.2. The highest BCUT2D eigenvalue weighted by atomic mass is 16.6. The molecular weight excluding hydrogens is 406 g/mol. The fourth-order valence-corrected chi connectivity index (χ4v) is 3.22. The largest absolute Gasteiger partial charge is 0.444 e. The third-order valence-corrected chi connectivity index (χ3v) is 4.70. The molecule has 0 fully saturated rings. The maximum atomic E-state index is 13.4. The van der Waals surface area contributed by atoms with Crippen LogP contribution < -0.4 is 10.6 Å². The van der Waals surface area contributed by atoms with Gasteiger partial charge < -0.3 is 20.3 Å². The van der Waals surface area contributed by atoms with Crippen LogP contribution >= 0.6 is 0 Å². The minimum absolute atomic E-state index is 0.245. The van der Waals surface area contributed by atoms with Gasteiger partial charge in [0.2, 0.25) is 11.8 Å². The maximum Gasteiger partial charge on any atom is 0.408 e. The number of nitrogens with one attached hydrogen (secondary N) is 2. The van der Waals surface area contributed by atoms with Gasteiger partial charge in [0, 0.05) is 13.1 Å². The zero-order valence-electron chi connectivity index (χ0n) is 20.4. The minimum Gasteiger partial charge on any atom is -0.444 e. The average molecular weight is 446 g/mol. The van der Waals surface area contributed by atoms with E-state index in [-0.39, 0.29) is 11.8 Å². The van der Waals surface area contributed by atoms with E-state index in [1.165, 1.54) is 4.90 Å². The van der Waals surface area contributed by atoms with E-state index in [4.69, 9.17) is 4.74 Å². The van der Waals surface area contributed by atoms with Crippen molar-refractivity contribution in [3.8, 4) is 0 Å². The number of unbranched alkanes of at least 4 members (excludes halogenated alkanes) is 1. The molecule has 0 bridgehead atoms. The maximum absolute atomic E-state index is 13.4. The van der Waals surface area contributed by atoms with Crippen LogP contribution in [0.15, 0.2) is 30.8 Å². The van der Waals surface area contributed by atoms with E-state index in [9.17, 15) is 14.4 Å². The number of carbonyl (C=O) groups is 3. The van der Waals surface area contributed by atoms with E-state index in [0.29, 0.717) is 25.1 Å². The topological polar surface area (TPSA) is 87.7 Å². The average Bonchev–Trinajstić information content (AvgIpc) is 2.71. The number of nitrogens with zero attached hydrogens (tertiary/aromatic N) is 1. The van der Waals surface area contributed by atoms with Crippen molar-refractivity contribution >= 4 is 24.0 Å². The number of benzene rings is 1. The summed E-state index contributed by atoms with van der Waals surface area (Å²) in [5.74, 6) is -0.594. The van der Waals surface area contributed by atoms with Gasteiger partial charge in [-0.25, -0.2) is 4.79 Å². The summed E-state index contributed by atoms with van der Waals surface area (Å²) < 4.78 is 5.28. The van der Waals surface area contributed by atoms with Crippen molar-refractivity contribution in [2.75, 3.05) is 13.1 Å². The van der Waals surface area contributed by atoms with Crippen LogP contribution in [-0.2, 0) is 14.3 Å².